The Morgan fingerprint density at radius 2 is 1.79 bits per heavy atom. The first-order valence-electron chi connectivity index (χ1n) is 8.39. The molecular weight excluding hydrogens is 362 g/mol. The predicted octanol–water partition coefficient (Wildman–Crippen LogP) is 2.87. The van der Waals surface area contributed by atoms with Gasteiger partial charge in [0.2, 0.25) is 0 Å². The van der Waals surface area contributed by atoms with Crippen molar-refractivity contribution in [2.24, 2.45) is 0 Å². The van der Waals surface area contributed by atoms with Crippen LogP contribution in [0.3, 0.4) is 0 Å². The highest BCUT2D eigenvalue weighted by atomic mass is 16.5. The van der Waals surface area contributed by atoms with Gasteiger partial charge in [0.15, 0.2) is 0 Å². The normalized spacial score (nSPS) is 10.9. The second-order valence-electron chi connectivity index (χ2n) is 6.04. The Morgan fingerprint density at radius 1 is 1.04 bits per heavy atom. The number of carbonyl (C=O) groups is 1. The third-order valence-electron chi connectivity index (χ3n) is 4.53. The fourth-order valence-electron chi connectivity index (χ4n) is 3.19. The Bertz CT molecular complexity index is 1330. The van der Waals surface area contributed by atoms with E-state index >= 15 is 0 Å². The SMILES string of the molecule is COC(=O)c1c2cc(-c3ccc(OC)cc3)oc(=O)c2c(=O)n2ccccc12. The number of aromatic nitrogens is 1. The molecule has 0 bridgehead atoms. The first kappa shape index (κ1) is 17.5. The lowest BCUT2D eigenvalue weighted by Gasteiger charge is -2.11. The molecule has 0 aliphatic heterocycles. The molecule has 0 amide bonds. The highest BCUT2D eigenvalue weighted by Gasteiger charge is 2.22. The van der Waals surface area contributed by atoms with Gasteiger partial charge in [0.1, 0.15) is 16.9 Å². The molecule has 0 fully saturated rings. The molecule has 140 valence electrons. The van der Waals surface area contributed by atoms with E-state index in [1.54, 1.807) is 49.6 Å². The second-order valence-corrected chi connectivity index (χ2v) is 6.04. The lowest BCUT2D eigenvalue weighted by Crippen LogP contribution is -2.23. The molecular formula is C21H15NO6. The van der Waals surface area contributed by atoms with Gasteiger partial charge in [-0.1, -0.05) is 6.07 Å². The van der Waals surface area contributed by atoms with Crippen LogP contribution in [0.25, 0.3) is 27.6 Å². The summed E-state index contributed by atoms with van der Waals surface area (Å²) in [6, 6.07) is 13.3. The lowest BCUT2D eigenvalue weighted by atomic mass is 10.0. The Balaban J connectivity index is 2.13. The minimum Gasteiger partial charge on any atom is -0.497 e. The van der Waals surface area contributed by atoms with E-state index in [4.69, 9.17) is 13.9 Å². The molecule has 1 aromatic carbocycles. The van der Waals surface area contributed by atoms with Crippen molar-refractivity contribution >= 4 is 22.3 Å². The number of hydrogen-bond acceptors (Lipinski definition) is 6. The maximum atomic E-state index is 12.8. The van der Waals surface area contributed by atoms with Crippen LogP contribution in [-0.4, -0.2) is 24.6 Å². The van der Waals surface area contributed by atoms with Crippen LogP contribution in [-0.2, 0) is 4.74 Å². The number of nitrogens with zero attached hydrogens (tertiary/aromatic N) is 1. The lowest BCUT2D eigenvalue weighted by molar-refractivity contribution is 0.0604. The summed E-state index contributed by atoms with van der Waals surface area (Å²) in [4.78, 5) is 38.0. The predicted molar refractivity (Wildman–Crippen MR) is 103 cm³/mol. The van der Waals surface area contributed by atoms with Crippen molar-refractivity contribution in [2.45, 2.75) is 0 Å². The van der Waals surface area contributed by atoms with E-state index in [-0.39, 0.29) is 22.1 Å². The molecule has 0 aliphatic carbocycles. The zero-order valence-electron chi connectivity index (χ0n) is 15.1. The van der Waals surface area contributed by atoms with Crippen molar-refractivity contribution in [1.29, 1.82) is 0 Å². The Morgan fingerprint density at radius 3 is 2.46 bits per heavy atom. The molecule has 4 rings (SSSR count). The van der Waals surface area contributed by atoms with Crippen molar-refractivity contribution in [3.05, 3.63) is 81.1 Å². The molecule has 3 heterocycles. The van der Waals surface area contributed by atoms with E-state index in [0.29, 0.717) is 16.8 Å². The number of pyridine rings is 2. The van der Waals surface area contributed by atoms with E-state index < -0.39 is 17.2 Å². The van der Waals surface area contributed by atoms with Gasteiger partial charge in [-0.3, -0.25) is 9.20 Å². The Hall–Kier alpha value is -3.87. The third kappa shape index (κ3) is 2.64. The van der Waals surface area contributed by atoms with Crippen molar-refractivity contribution < 1.29 is 18.7 Å². The smallest absolute Gasteiger partial charge is 0.349 e. The van der Waals surface area contributed by atoms with Crippen LogP contribution in [0.4, 0.5) is 0 Å². The molecule has 0 N–H and O–H groups in total. The Kier molecular flexibility index (Phi) is 4.19. The summed E-state index contributed by atoms with van der Waals surface area (Å²) in [5.74, 6) is 0.219. The van der Waals surface area contributed by atoms with Crippen molar-refractivity contribution in [2.75, 3.05) is 14.2 Å². The largest absolute Gasteiger partial charge is 0.497 e. The van der Waals surface area contributed by atoms with Gasteiger partial charge in [-0.25, -0.2) is 9.59 Å². The monoisotopic (exact) mass is 377 g/mol. The van der Waals surface area contributed by atoms with Crippen LogP contribution < -0.4 is 15.9 Å². The molecule has 7 heteroatoms. The van der Waals surface area contributed by atoms with Crippen LogP contribution in [0.2, 0.25) is 0 Å². The minimum atomic E-state index is -0.822. The van der Waals surface area contributed by atoms with Gasteiger partial charge < -0.3 is 13.9 Å². The summed E-state index contributed by atoms with van der Waals surface area (Å²) in [6.45, 7) is 0. The number of methoxy groups -OCH3 is 2. The first-order chi connectivity index (χ1) is 13.5. The molecule has 0 unspecified atom stereocenters. The number of rotatable bonds is 3. The van der Waals surface area contributed by atoms with E-state index in [2.05, 4.69) is 0 Å². The number of esters is 1. The van der Waals surface area contributed by atoms with Gasteiger partial charge in [0, 0.05) is 17.1 Å². The summed E-state index contributed by atoms with van der Waals surface area (Å²) in [5, 5.41) is -0.0218. The molecule has 28 heavy (non-hydrogen) atoms. The molecule has 0 aliphatic rings. The van der Waals surface area contributed by atoms with Gasteiger partial charge in [0.05, 0.1) is 25.3 Å². The molecule has 0 atom stereocenters. The Labute approximate surface area is 158 Å². The average molecular weight is 377 g/mol. The summed E-state index contributed by atoms with van der Waals surface area (Å²) < 4.78 is 16.7. The standard InChI is InChI=1S/C21H15NO6/c1-26-13-8-6-12(7-9-13)16-11-14-17(20(24)27-2)15-5-3-4-10-22(15)19(23)18(14)21(25)28-16/h3-11H,1-2H3. The molecule has 0 saturated carbocycles. The maximum absolute atomic E-state index is 12.8. The summed E-state index contributed by atoms with van der Waals surface area (Å²) in [5.41, 5.74) is -0.313. The number of hydrogen-bond donors (Lipinski definition) is 0. The van der Waals surface area contributed by atoms with Crippen LogP contribution in [0.15, 0.2) is 68.7 Å². The average Bonchev–Trinajstić information content (AvgIpc) is 2.73. The summed E-state index contributed by atoms with van der Waals surface area (Å²) in [7, 11) is 2.79. The molecule has 0 saturated heterocycles. The van der Waals surface area contributed by atoms with Crippen molar-refractivity contribution in [1.82, 2.24) is 4.40 Å². The quantitative estimate of drug-likeness (QED) is 0.403. The number of ether oxygens (including phenoxy) is 2. The van der Waals surface area contributed by atoms with Gasteiger partial charge in [-0.05, 0) is 42.5 Å². The molecule has 3 aromatic heterocycles. The van der Waals surface area contributed by atoms with Crippen LogP contribution >= 0.6 is 0 Å². The zero-order chi connectivity index (χ0) is 19.8. The van der Waals surface area contributed by atoms with E-state index in [1.165, 1.54) is 23.8 Å². The first-order valence-corrected chi connectivity index (χ1v) is 8.39. The number of fused-ring (bicyclic) bond motifs is 2. The topological polar surface area (TPSA) is 87.2 Å². The van der Waals surface area contributed by atoms with Gasteiger partial charge in [0.25, 0.3) is 5.56 Å². The fourth-order valence-corrected chi connectivity index (χ4v) is 3.19. The maximum Gasteiger partial charge on any atom is 0.349 e. The van der Waals surface area contributed by atoms with Crippen molar-refractivity contribution in [3.63, 3.8) is 0 Å². The number of benzene rings is 1. The van der Waals surface area contributed by atoms with Gasteiger partial charge in [-0.15, -0.1) is 0 Å². The fraction of sp³-hybridized carbons (Fsp3) is 0.0952. The third-order valence-corrected chi connectivity index (χ3v) is 4.53. The highest BCUT2D eigenvalue weighted by molar-refractivity contribution is 6.10. The van der Waals surface area contributed by atoms with Crippen LogP contribution in [0, 0.1) is 0 Å². The summed E-state index contributed by atoms with van der Waals surface area (Å²) in [6.07, 6.45) is 1.49. The van der Waals surface area contributed by atoms with Gasteiger partial charge >= 0.3 is 11.6 Å². The van der Waals surface area contributed by atoms with Crippen molar-refractivity contribution in [3.8, 4) is 17.1 Å². The molecule has 0 radical (unpaired) electrons. The summed E-state index contributed by atoms with van der Waals surface area (Å²) >= 11 is 0. The van der Waals surface area contributed by atoms with Crippen LogP contribution in [0.5, 0.6) is 5.75 Å². The molecule has 7 nitrogen and oxygen atoms in total. The van der Waals surface area contributed by atoms with E-state index in [1.807, 2.05) is 0 Å². The van der Waals surface area contributed by atoms with Crippen LogP contribution in [0.1, 0.15) is 10.4 Å². The molecule has 0 spiro atoms. The highest BCUT2D eigenvalue weighted by Crippen LogP contribution is 2.27. The van der Waals surface area contributed by atoms with E-state index in [0.717, 1.165) is 0 Å². The second kappa shape index (κ2) is 6.70. The molecule has 4 aromatic rings. The minimum absolute atomic E-state index is 0.125. The van der Waals surface area contributed by atoms with Gasteiger partial charge in [-0.2, -0.15) is 0 Å². The number of carbonyl (C=O) groups excluding carboxylic acids is 1. The zero-order valence-corrected chi connectivity index (χ0v) is 15.1. The van der Waals surface area contributed by atoms with E-state index in [9.17, 15) is 14.4 Å².